The minimum atomic E-state index is -0.596. The third-order valence-electron chi connectivity index (χ3n) is 4.46. The lowest BCUT2D eigenvalue weighted by Crippen LogP contribution is -2.26. The van der Waals surface area contributed by atoms with Gasteiger partial charge in [-0.05, 0) is 38.1 Å². The van der Waals surface area contributed by atoms with Crippen molar-refractivity contribution in [2.24, 2.45) is 0 Å². The molecule has 30 heavy (non-hydrogen) atoms. The van der Waals surface area contributed by atoms with Crippen LogP contribution in [0.2, 0.25) is 5.02 Å². The van der Waals surface area contributed by atoms with Gasteiger partial charge in [0.2, 0.25) is 5.43 Å². The Hall–Kier alpha value is -3.29. The molecule has 0 aliphatic heterocycles. The molecule has 0 spiro atoms. The van der Waals surface area contributed by atoms with Crippen LogP contribution in [0.4, 0.5) is 5.13 Å². The van der Waals surface area contributed by atoms with Crippen molar-refractivity contribution in [3.8, 4) is 16.9 Å². The highest BCUT2D eigenvalue weighted by molar-refractivity contribution is 7.16. The number of benzene rings is 2. The second-order valence-electron chi connectivity index (χ2n) is 6.63. The number of carbonyl (C=O) groups is 1. The molecule has 150 valence electrons. The smallest absolute Gasteiger partial charge is 0.281 e. The van der Waals surface area contributed by atoms with Gasteiger partial charge in [-0.25, -0.2) is 9.67 Å². The largest absolute Gasteiger partial charge is 0.296 e. The third-order valence-corrected chi connectivity index (χ3v) is 5.60. The van der Waals surface area contributed by atoms with Crippen LogP contribution in [0.5, 0.6) is 0 Å². The third kappa shape index (κ3) is 4.03. The van der Waals surface area contributed by atoms with Crippen LogP contribution in [-0.2, 0) is 0 Å². The molecule has 2 aromatic carbocycles. The van der Waals surface area contributed by atoms with Crippen LogP contribution in [0.15, 0.2) is 65.5 Å². The van der Waals surface area contributed by atoms with Crippen molar-refractivity contribution in [1.82, 2.24) is 14.8 Å². The van der Waals surface area contributed by atoms with Crippen molar-refractivity contribution in [2.75, 3.05) is 5.32 Å². The lowest BCUT2D eigenvalue weighted by molar-refractivity contribution is 0.101. The van der Waals surface area contributed by atoms with Crippen molar-refractivity contribution in [2.45, 2.75) is 13.8 Å². The lowest BCUT2D eigenvalue weighted by Gasteiger charge is -2.10. The van der Waals surface area contributed by atoms with Crippen LogP contribution in [0.1, 0.15) is 21.1 Å². The molecule has 0 radical (unpaired) electrons. The molecule has 8 heteroatoms. The summed E-state index contributed by atoms with van der Waals surface area (Å²) in [5.41, 5.74) is 2.42. The molecule has 0 fully saturated rings. The maximum Gasteiger partial charge on any atom is 0.281 e. The molecule has 0 aliphatic rings. The van der Waals surface area contributed by atoms with E-state index in [2.05, 4.69) is 15.4 Å². The Morgan fingerprint density at radius 2 is 1.77 bits per heavy atom. The lowest BCUT2D eigenvalue weighted by atomic mass is 10.1. The van der Waals surface area contributed by atoms with E-state index in [1.165, 1.54) is 17.4 Å². The first-order valence-electron chi connectivity index (χ1n) is 9.13. The fourth-order valence-corrected chi connectivity index (χ4v) is 3.97. The molecule has 2 aromatic heterocycles. The molecule has 0 saturated heterocycles. The fraction of sp³-hybridized carbons (Fsp3) is 0.0909. The van der Waals surface area contributed by atoms with Gasteiger partial charge in [0.05, 0.1) is 11.4 Å². The summed E-state index contributed by atoms with van der Waals surface area (Å²) in [6.07, 6.45) is 0. The van der Waals surface area contributed by atoms with Crippen LogP contribution in [0.3, 0.4) is 0 Å². The van der Waals surface area contributed by atoms with Crippen LogP contribution < -0.4 is 10.7 Å². The summed E-state index contributed by atoms with van der Waals surface area (Å²) in [4.78, 5) is 30.7. The van der Waals surface area contributed by atoms with Gasteiger partial charge in [0, 0.05) is 27.2 Å². The molecule has 2 heterocycles. The number of halogens is 1. The zero-order chi connectivity index (χ0) is 21.3. The molecule has 1 N–H and O–H groups in total. The quantitative estimate of drug-likeness (QED) is 0.494. The number of nitrogens with zero attached hydrogens (tertiary/aromatic N) is 3. The fourth-order valence-electron chi connectivity index (χ4n) is 3.02. The highest BCUT2D eigenvalue weighted by atomic mass is 35.5. The number of amides is 1. The van der Waals surface area contributed by atoms with Gasteiger partial charge in [0.25, 0.3) is 5.91 Å². The average Bonchev–Trinajstić information content (AvgIpc) is 3.09. The standard InChI is InChI=1S/C22H17ClN4O2S/c1-13-12-18(28)20(26-27(13)17-6-4-3-5-7-17)21(29)25-22-24-19(14(2)30-22)15-8-10-16(23)11-9-15/h3-12H,1-2H3,(H,24,25,29). The molecule has 6 nitrogen and oxygen atoms in total. The summed E-state index contributed by atoms with van der Waals surface area (Å²) in [7, 11) is 0. The number of thiazole rings is 1. The summed E-state index contributed by atoms with van der Waals surface area (Å²) < 4.78 is 1.57. The van der Waals surface area contributed by atoms with Crippen LogP contribution in [0, 0.1) is 13.8 Å². The van der Waals surface area contributed by atoms with E-state index in [0.29, 0.717) is 15.8 Å². The molecular formula is C22H17ClN4O2S. The van der Waals surface area contributed by atoms with Gasteiger partial charge in [-0.3, -0.25) is 14.9 Å². The zero-order valence-corrected chi connectivity index (χ0v) is 17.8. The number of hydrogen-bond donors (Lipinski definition) is 1. The van der Waals surface area contributed by atoms with E-state index in [0.717, 1.165) is 21.8 Å². The molecule has 0 unspecified atom stereocenters. The first kappa shape index (κ1) is 20.0. The van der Waals surface area contributed by atoms with Gasteiger partial charge < -0.3 is 0 Å². The van der Waals surface area contributed by atoms with Gasteiger partial charge in [-0.15, -0.1) is 11.3 Å². The van der Waals surface area contributed by atoms with E-state index >= 15 is 0 Å². The summed E-state index contributed by atoms with van der Waals surface area (Å²) in [5, 5.41) is 8.03. The van der Waals surface area contributed by atoms with Gasteiger partial charge in [0.15, 0.2) is 10.8 Å². The predicted octanol–water partition coefficient (Wildman–Crippen LogP) is 4.88. The summed E-state index contributed by atoms with van der Waals surface area (Å²) >= 11 is 7.28. The Morgan fingerprint density at radius 1 is 1.07 bits per heavy atom. The maximum absolute atomic E-state index is 12.8. The molecule has 0 saturated carbocycles. The van der Waals surface area contributed by atoms with Gasteiger partial charge >= 0.3 is 0 Å². The molecule has 0 aliphatic carbocycles. The number of para-hydroxylation sites is 1. The summed E-state index contributed by atoms with van der Waals surface area (Å²) in [5.74, 6) is -0.596. The molecule has 0 atom stereocenters. The molecule has 4 rings (SSSR count). The van der Waals surface area contributed by atoms with Crippen LogP contribution >= 0.6 is 22.9 Å². The van der Waals surface area contributed by atoms with E-state index in [4.69, 9.17) is 11.6 Å². The zero-order valence-electron chi connectivity index (χ0n) is 16.2. The van der Waals surface area contributed by atoms with Gasteiger partial charge in [0.1, 0.15) is 0 Å². The number of anilines is 1. The summed E-state index contributed by atoms with van der Waals surface area (Å²) in [6, 6.07) is 18.1. The molecule has 0 bridgehead atoms. The van der Waals surface area contributed by atoms with Gasteiger partial charge in [-0.1, -0.05) is 41.9 Å². The molecule has 4 aromatic rings. The van der Waals surface area contributed by atoms with Crippen molar-refractivity contribution in [1.29, 1.82) is 0 Å². The van der Waals surface area contributed by atoms with E-state index in [1.54, 1.807) is 23.7 Å². The Labute approximate surface area is 181 Å². The highest BCUT2D eigenvalue weighted by Gasteiger charge is 2.18. The Balaban J connectivity index is 1.64. The predicted molar refractivity (Wildman–Crippen MR) is 120 cm³/mol. The van der Waals surface area contributed by atoms with Gasteiger partial charge in [-0.2, -0.15) is 5.10 Å². The second-order valence-corrected chi connectivity index (χ2v) is 8.27. The molecular weight excluding hydrogens is 420 g/mol. The first-order chi connectivity index (χ1) is 14.4. The number of rotatable bonds is 4. The SMILES string of the molecule is Cc1sc(NC(=O)c2nn(-c3ccccc3)c(C)cc2=O)nc1-c1ccc(Cl)cc1. The number of carbonyl (C=O) groups excluding carboxylic acids is 1. The van der Waals surface area contributed by atoms with Crippen LogP contribution in [0.25, 0.3) is 16.9 Å². The number of nitrogens with one attached hydrogen (secondary N) is 1. The van der Waals surface area contributed by atoms with E-state index < -0.39 is 11.3 Å². The number of aromatic nitrogens is 3. The highest BCUT2D eigenvalue weighted by Crippen LogP contribution is 2.31. The van der Waals surface area contributed by atoms with E-state index in [1.807, 2.05) is 49.4 Å². The van der Waals surface area contributed by atoms with Crippen molar-refractivity contribution in [3.63, 3.8) is 0 Å². The van der Waals surface area contributed by atoms with Crippen molar-refractivity contribution < 1.29 is 4.79 Å². The molecule has 1 amide bonds. The Bertz CT molecular complexity index is 1280. The monoisotopic (exact) mass is 436 g/mol. The number of hydrogen-bond acceptors (Lipinski definition) is 5. The number of aryl methyl sites for hydroxylation is 2. The normalized spacial score (nSPS) is 10.8. The van der Waals surface area contributed by atoms with Crippen molar-refractivity contribution in [3.05, 3.63) is 92.2 Å². The average molecular weight is 437 g/mol. The minimum absolute atomic E-state index is 0.189. The summed E-state index contributed by atoms with van der Waals surface area (Å²) in [6.45, 7) is 3.69. The Morgan fingerprint density at radius 3 is 2.47 bits per heavy atom. The van der Waals surface area contributed by atoms with Crippen LogP contribution in [-0.4, -0.2) is 20.7 Å². The topological polar surface area (TPSA) is 76.9 Å². The van der Waals surface area contributed by atoms with Crippen molar-refractivity contribution >= 4 is 34.0 Å². The first-order valence-corrected chi connectivity index (χ1v) is 10.3. The van der Waals surface area contributed by atoms with E-state index in [-0.39, 0.29) is 5.69 Å². The van der Waals surface area contributed by atoms with E-state index in [9.17, 15) is 9.59 Å². The second kappa shape index (κ2) is 8.22. The maximum atomic E-state index is 12.8. The minimum Gasteiger partial charge on any atom is -0.296 e. The Kier molecular flexibility index (Phi) is 5.48.